The number of rotatable bonds is 4. The fourth-order valence-electron chi connectivity index (χ4n) is 3.85. The van der Waals surface area contributed by atoms with E-state index in [9.17, 15) is 4.79 Å². The number of para-hydroxylation sites is 1. The van der Waals surface area contributed by atoms with Gasteiger partial charge in [-0.3, -0.25) is 9.36 Å². The Hall–Kier alpha value is -4.40. The molecule has 35 heavy (non-hydrogen) atoms. The SMILES string of the molecule is COc1ccc(/C=C/c2nc3ccccc3c(=O)n2-c2ccc(C#Cc3cccs3)cc2C)cc1. The Bertz CT molecular complexity index is 1650. The van der Waals surface area contributed by atoms with Gasteiger partial charge in [-0.1, -0.05) is 48.2 Å². The van der Waals surface area contributed by atoms with Crippen molar-refractivity contribution in [1.29, 1.82) is 0 Å². The van der Waals surface area contributed by atoms with E-state index in [0.717, 1.165) is 33.0 Å². The number of methoxy groups -OCH3 is 1. The number of ether oxygens (including phenoxy) is 1. The summed E-state index contributed by atoms with van der Waals surface area (Å²) in [4.78, 5) is 19.4. The lowest BCUT2D eigenvalue weighted by molar-refractivity contribution is 0.415. The van der Waals surface area contributed by atoms with Gasteiger partial charge in [-0.05, 0) is 78.0 Å². The maximum absolute atomic E-state index is 13.6. The van der Waals surface area contributed by atoms with Crippen LogP contribution in [0.1, 0.15) is 27.4 Å². The minimum atomic E-state index is -0.106. The molecule has 170 valence electrons. The molecule has 0 amide bonds. The van der Waals surface area contributed by atoms with Crippen molar-refractivity contribution >= 4 is 34.4 Å². The largest absolute Gasteiger partial charge is 0.497 e. The number of benzene rings is 3. The monoisotopic (exact) mass is 474 g/mol. The summed E-state index contributed by atoms with van der Waals surface area (Å²) in [6.45, 7) is 1.99. The van der Waals surface area contributed by atoms with Crippen LogP contribution in [0.5, 0.6) is 5.75 Å². The van der Waals surface area contributed by atoms with Crippen LogP contribution >= 0.6 is 11.3 Å². The van der Waals surface area contributed by atoms with Crippen LogP contribution in [-0.4, -0.2) is 16.7 Å². The molecule has 0 aliphatic carbocycles. The number of hydrogen-bond donors (Lipinski definition) is 0. The first-order valence-electron chi connectivity index (χ1n) is 11.1. The van der Waals surface area contributed by atoms with Crippen LogP contribution in [0.3, 0.4) is 0 Å². The summed E-state index contributed by atoms with van der Waals surface area (Å²) < 4.78 is 6.92. The molecule has 2 heterocycles. The molecule has 0 aliphatic heterocycles. The Morgan fingerprint density at radius 1 is 0.943 bits per heavy atom. The van der Waals surface area contributed by atoms with Crippen LogP contribution in [0.15, 0.2) is 89.0 Å². The van der Waals surface area contributed by atoms with Crippen LogP contribution in [0.2, 0.25) is 0 Å². The van der Waals surface area contributed by atoms with Gasteiger partial charge in [-0.25, -0.2) is 4.98 Å². The molecule has 0 spiro atoms. The fourth-order valence-corrected chi connectivity index (χ4v) is 4.42. The van der Waals surface area contributed by atoms with E-state index in [4.69, 9.17) is 9.72 Å². The van der Waals surface area contributed by atoms with Gasteiger partial charge in [0.25, 0.3) is 5.56 Å². The average Bonchev–Trinajstić information content (AvgIpc) is 3.41. The van der Waals surface area contributed by atoms with Gasteiger partial charge in [-0.15, -0.1) is 11.3 Å². The second-order valence-corrected chi connectivity index (χ2v) is 8.91. The van der Waals surface area contributed by atoms with Gasteiger partial charge < -0.3 is 4.74 Å². The lowest BCUT2D eigenvalue weighted by Gasteiger charge is -2.14. The molecular formula is C30H22N2O2S. The van der Waals surface area contributed by atoms with Gasteiger partial charge in [0.05, 0.1) is 28.6 Å². The zero-order valence-electron chi connectivity index (χ0n) is 19.4. The zero-order valence-corrected chi connectivity index (χ0v) is 20.2. The Labute approximate surface area is 207 Å². The molecule has 0 fully saturated rings. The number of fused-ring (bicyclic) bond motifs is 1. The Morgan fingerprint density at radius 2 is 1.77 bits per heavy atom. The number of aromatic nitrogens is 2. The van der Waals surface area contributed by atoms with Gasteiger partial charge in [0.1, 0.15) is 11.6 Å². The highest BCUT2D eigenvalue weighted by Gasteiger charge is 2.13. The first kappa shape index (κ1) is 22.4. The summed E-state index contributed by atoms with van der Waals surface area (Å²) in [6.07, 6.45) is 3.82. The predicted molar refractivity (Wildman–Crippen MR) is 144 cm³/mol. The Balaban J connectivity index is 1.61. The van der Waals surface area contributed by atoms with Crippen molar-refractivity contribution in [3.05, 3.63) is 122 Å². The van der Waals surface area contributed by atoms with E-state index in [0.29, 0.717) is 16.7 Å². The van der Waals surface area contributed by atoms with Crippen LogP contribution in [0.4, 0.5) is 0 Å². The number of thiophene rings is 1. The molecule has 0 unspecified atom stereocenters. The molecule has 5 rings (SSSR count). The molecule has 0 N–H and O–H groups in total. The Kier molecular flexibility index (Phi) is 6.30. The quantitative estimate of drug-likeness (QED) is 0.286. The van der Waals surface area contributed by atoms with E-state index in [-0.39, 0.29) is 5.56 Å². The van der Waals surface area contributed by atoms with Gasteiger partial charge in [0.15, 0.2) is 0 Å². The fraction of sp³-hybridized carbons (Fsp3) is 0.0667. The van der Waals surface area contributed by atoms with Gasteiger partial charge in [-0.2, -0.15) is 0 Å². The summed E-state index contributed by atoms with van der Waals surface area (Å²) in [5, 5.41) is 2.59. The minimum Gasteiger partial charge on any atom is -0.497 e. The molecular weight excluding hydrogens is 452 g/mol. The van der Waals surface area contributed by atoms with Gasteiger partial charge in [0, 0.05) is 5.56 Å². The van der Waals surface area contributed by atoms with Gasteiger partial charge in [0.2, 0.25) is 0 Å². The molecule has 0 radical (unpaired) electrons. The van der Waals surface area contributed by atoms with Crippen LogP contribution in [-0.2, 0) is 0 Å². The number of hydrogen-bond acceptors (Lipinski definition) is 4. The van der Waals surface area contributed by atoms with Crippen LogP contribution in [0.25, 0.3) is 28.7 Å². The third-order valence-corrected chi connectivity index (χ3v) is 6.42. The van der Waals surface area contributed by atoms with Crippen molar-refractivity contribution in [2.45, 2.75) is 6.92 Å². The first-order chi connectivity index (χ1) is 17.1. The molecule has 0 saturated carbocycles. The maximum Gasteiger partial charge on any atom is 0.266 e. The van der Waals surface area contributed by atoms with Gasteiger partial charge >= 0.3 is 0 Å². The van der Waals surface area contributed by atoms with E-state index in [1.807, 2.05) is 103 Å². The lowest BCUT2D eigenvalue weighted by Crippen LogP contribution is -2.23. The summed E-state index contributed by atoms with van der Waals surface area (Å²) >= 11 is 1.62. The lowest BCUT2D eigenvalue weighted by atomic mass is 10.1. The van der Waals surface area contributed by atoms with E-state index in [2.05, 4.69) is 11.8 Å². The zero-order chi connectivity index (χ0) is 24.2. The highest BCUT2D eigenvalue weighted by Crippen LogP contribution is 2.20. The first-order valence-corrected chi connectivity index (χ1v) is 12.0. The normalized spacial score (nSPS) is 10.9. The molecule has 0 bridgehead atoms. The summed E-state index contributed by atoms with van der Waals surface area (Å²) in [5.41, 5.74) is 4.17. The molecule has 3 aromatic carbocycles. The predicted octanol–water partition coefficient (Wildman–Crippen LogP) is 6.33. The van der Waals surface area contributed by atoms with Crippen molar-refractivity contribution in [3.63, 3.8) is 0 Å². The van der Waals surface area contributed by atoms with Crippen molar-refractivity contribution in [1.82, 2.24) is 9.55 Å². The van der Waals surface area contributed by atoms with E-state index in [1.54, 1.807) is 23.0 Å². The molecule has 2 aromatic heterocycles. The van der Waals surface area contributed by atoms with Crippen molar-refractivity contribution in [2.24, 2.45) is 0 Å². The van der Waals surface area contributed by atoms with Crippen LogP contribution in [0, 0.1) is 18.8 Å². The van der Waals surface area contributed by atoms with E-state index in [1.165, 1.54) is 0 Å². The average molecular weight is 475 g/mol. The molecule has 0 aliphatic rings. The topological polar surface area (TPSA) is 44.1 Å². The number of nitrogens with zero attached hydrogens (tertiary/aromatic N) is 2. The third-order valence-electron chi connectivity index (χ3n) is 5.63. The van der Waals surface area contributed by atoms with E-state index < -0.39 is 0 Å². The molecule has 5 aromatic rings. The standard InChI is InChI=1S/C30H22N2O2S/c1-21-20-23(11-16-25-6-5-19-35-25)12-17-28(21)32-29(18-13-22-9-14-24(34-2)15-10-22)31-27-8-4-3-7-26(27)30(32)33/h3-10,12-15,17-20H,1-2H3/b18-13+. The second-order valence-electron chi connectivity index (χ2n) is 7.96. The molecule has 5 heteroatoms. The summed E-state index contributed by atoms with van der Waals surface area (Å²) in [6, 6.07) is 25.0. The van der Waals surface area contributed by atoms with Crippen molar-refractivity contribution in [2.75, 3.05) is 7.11 Å². The van der Waals surface area contributed by atoms with Crippen molar-refractivity contribution in [3.8, 4) is 23.3 Å². The smallest absolute Gasteiger partial charge is 0.266 e. The highest BCUT2D eigenvalue weighted by molar-refractivity contribution is 7.10. The molecule has 4 nitrogen and oxygen atoms in total. The summed E-state index contributed by atoms with van der Waals surface area (Å²) in [5.74, 6) is 7.76. The molecule has 0 atom stereocenters. The summed E-state index contributed by atoms with van der Waals surface area (Å²) in [7, 11) is 1.64. The highest BCUT2D eigenvalue weighted by atomic mass is 32.1. The maximum atomic E-state index is 13.6. The Morgan fingerprint density at radius 3 is 2.51 bits per heavy atom. The van der Waals surface area contributed by atoms with E-state index >= 15 is 0 Å². The van der Waals surface area contributed by atoms with Crippen molar-refractivity contribution < 1.29 is 4.74 Å². The minimum absolute atomic E-state index is 0.106. The second kappa shape index (κ2) is 9.84. The third kappa shape index (κ3) is 4.79. The van der Waals surface area contributed by atoms with Crippen LogP contribution < -0.4 is 10.3 Å². The number of aryl methyl sites for hydroxylation is 1. The molecule has 0 saturated heterocycles.